The van der Waals surface area contributed by atoms with Crippen LogP contribution in [0.5, 0.6) is 0 Å². The van der Waals surface area contributed by atoms with E-state index in [-0.39, 0.29) is 40.8 Å². The van der Waals surface area contributed by atoms with Gasteiger partial charge in [0.1, 0.15) is 0 Å². The Morgan fingerprint density at radius 3 is 2.08 bits per heavy atom. The average molecular weight is 219 g/mol. The first-order chi connectivity index (χ1) is 5.21. The van der Waals surface area contributed by atoms with Crippen molar-refractivity contribution in [3.05, 3.63) is 0 Å². The van der Waals surface area contributed by atoms with Gasteiger partial charge in [0.25, 0.3) is 10.1 Å². The molecule has 0 aromatic heterocycles. The molecule has 0 aromatic carbocycles. The summed E-state index contributed by atoms with van der Waals surface area (Å²) in [5.74, 6) is -0.171. The minimum atomic E-state index is -3.78. The maximum absolute atomic E-state index is 10.3. The Morgan fingerprint density at radius 1 is 1.31 bits per heavy atom. The zero-order valence-electron chi connectivity index (χ0n) is 7.79. The number of hydrogen-bond acceptors (Lipinski definition) is 3. The maximum atomic E-state index is 10.3. The summed E-state index contributed by atoms with van der Waals surface area (Å²) in [6.07, 6.45) is 0.441. The third kappa shape index (κ3) is 15.6. The van der Waals surface area contributed by atoms with Crippen LogP contribution in [0.25, 0.3) is 0 Å². The second kappa shape index (κ2) is 6.37. The van der Waals surface area contributed by atoms with Crippen molar-refractivity contribution in [2.75, 3.05) is 12.3 Å². The van der Waals surface area contributed by atoms with Crippen LogP contribution in [-0.4, -0.2) is 60.4 Å². The molecule has 0 bridgehead atoms. The predicted octanol–water partition coefficient (Wildman–Crippen LogP) is 0.00390. The molecule has 76 valence electrons. The molecule has 0 atom stereocenters. The molecule has 0 aliphatic rings. The van der Waals surface area contributed by atoms with Gasteiger partial charge in [0, 0.05) is 5.54 Å². The standard InChI is InChI=1S/C7H17NO3S.Na.H/c1-7(2,3)8-5-4-6-12(9,10)11;;/h8H,4-6H2,1-3H3,(H,9,10,11);;. The molecule has 0 aliphatic carbocycles. The quantitative estimate of drug-likeness (QED) is 0.397. The van der Waals surface area contributed by atoms with E-state index in [9.17, 15) is 8.42 Å². The molecule has 0 aliphatic heterocycles. The van der Waals surface area contributed by atoms with Crippen molar-refractivity contribution < 1.29 is 13.0 Å². The van der Waals surface area contributed by atoms with E-state index in [1.807, 2.05) is 20.8 Å². The molecular weight excluding hydrogens is 201 g/mol. The Balaban J connectivity index is 0. The Morgan fingerprint density at radius 2 is 1.77 bits per heavy atom. The third-order valence-corrected chi connectivity index (χ3v) is 2.04. The van der Waals surface area contributed by atoms with E-state index >= 15 is 0 Å². The Bertz CT molecular complexity index is 220. The SMILES string of the molecule is CC(C)(C)NCCCS(=O)(=O)O.[NaH]. The van der Waals surface area contributed by atoms with E-state index in [0.29, 0.717) is 13.0 Å². The number of nitrogens with one attached hydrogen (secondary N) is 1. The van der Waals surface area contributed by atoms with Crippen molar-refractivity contribution in [3.8, 4) is 0 Å². The van der Waals surface area contributed by atoms with Crippen molar-refractivity contribution in [2.24, 2.45) is 0 Å². The van der Waals surface area contributed by atoms with Crippen LogP contribution in [0.2, 0.25) is 0 Å². The van der Waals surface area contributed by atoms with Gasteiger partial charge in [-0.3, -0.25) is 4.55 Å². The van der Waals surface area contributed by atoms with Crippen LogP contribution in [0.3, 0.4) is 0 Å². The van der Waals surface area contributed by atoms with E-state index in [1.54, 1.807) is 0 Å². The third-order valence-electron chi connectivity index (χ3n) is 1.23. The fraction of sp³-hybridized carbons (Fsp3) is 1.00. The molecule has 6 heteroatoms. The van der Waals surface area contributed by atoms with Crippen LogP contribution < -0.4 is 5.32 Å². The molecule has 0 rings (SSSR count). The topological polar surface area (TPSA) is 66.4 Å². The van der Waals surface area contributed by atoms with Gasteiger partial charge in [-0.15, -0.1) is 0 Å². The molecule has 0 radical (unpaired) electrons. The van der Waals surface area contributed by atoms with Crippen LogP contribution in [0, 0.1) is 0 Å². The second-order valence-electron chi connectivity index (χ2n) is 3.82. The average Bonchev–Trinajstić information content (AvgIpc) is 1.76. The van der Waals surface area contributed by atoms with Crippen molar-refractivity contribution in [1.82, 2.24) is 5.32 Å². The normalized spacial score (nSPS) is 12.3. The summed E-state index contributed by atoms with van der Waals surface area (Å²) >= 11 is 0. The Hall–Kier alpha value is 0.870. The van der Waals surface area contributed by atoms with Gasteiger partial charge in [-0.25, -0.2) is 0 Å². The minimum absolute atomic E-state index is 0. The van der Waals surface area contributed by atoms with Crippen molar-refractivity contribution in [3.63, 3.8) is 0 Å². The molecule has 0 unspecified atom stereocenters. The van der Waals surface area contributed by atoms with E-state index < -0.39 is 10.1 Å². The molecule has 0 fully saturated rings. The molecule has 0 heterocycles. The van der Waals surface area contributed by atoms with Crippen molar-refractivity contribution in [1.29, 1.82) is 0 Å². The fourth-order valence-electron chi connectivity index (χ4n) is 0.718. The van der Waals surface area contributed by atoms with Crippen LogP contribution >= 0.6 is 0 Å². The van der Waals surface area contributed by atoms with E-state index in [2.05, 4.69) is 5.32 Å². The van der Waals surface area contributed by atoms with Gasteiger partial charge in [0.05, 0.1) is 5.75 Å². The second-order valence-corrected chi connectivity index (χ2v) is 5.39. The monoisotopic (exact) mass is 219 g/mol. The van der Waals surface area contributed by atoms with Gasteiger partial charge >= 0.3 is 29.6 Å². The molecule has 0 saturated carbocycles. The first kappa shape index (κ1) is 16.3. The zero-order chi connectivity index (χ0) is 9.83. The predicted molar refractivity (Wildman–Crippen MR) is 55.9 cm³/mol. The summed E-state index contributed by atoms with van der Waals surface area (Å²) in [7, 11) is -3.78. The van der Waals surface area contributed by atoms with Gasteiger partial charge in [0.15, 0.2) is 0 Å². The van der Waals surface area contributed by atoms with Gasteiger partial charge in [-0.1, -0.05) is 0 Å². The number of rotatable bonds is 4. The summed E-state index contributed by atoms with van der Waals surface area (Å²) in [5, 5.41) is 3.12. The van der Waals surface area contributed by atoms with Crippen LogP contribution in [-0.2, 0) is 10.1 Å². The zero-order valence-corrected chi connectivity index (χ0v) is 8.61. The van der Waals surface area contributed by atoms with Crippen molar-refractivity contribution in [2.45, 2.75) is 32.7 Å². The Labute approximate surface area is 103 Å². The number of hydrogen-bond donors (Lipinski definition) is 2. The molecule has 0 saturated heterocycles. The molecular formula is C7H18NNaO3S. The van der Waals surface area contributed by atoms with Crippen molar-refractivity contribution >= 4 is 39.7 Å². The first-order valence-corrected chi connectivity index (χ1v) is 5.52. The van der Waals surface area contributed by atoms with Crippen LogP contribution in [0.4, 0.5) is 0 Å². The van der Waals surface area contributed by atoms with E-state index in [1.165, 1.54) is 0 Å². The van der Waals surface area contributed by atoms with Gasteiger partial charge in [-0.2, -0.15) is 8.42 Å². The molecule has 4 nitrogen and oxygen atoms in total. The molecule has 13 heavy (non-hydrogen) atoms. The fourth-order valence-corrected chi connectivity index (χ4v) is 1.23. The van der Waals surface area contributed by atoms with Crippen LogP contribution in [0.15, 0.2) is 0 Å². The first-order valence-electron chi connectivity index (χ1n) is 3.91. The summed E-state index contributed by atoms with van der Waals surface area (Å²) in [6.45, 7) is 6.60. The van der Waals surface area contributed by atoms with Crippen LogP contribution in [0.1, 0.15) is 27.2 Å². The van der Waals surface area contributed by atoms with E-state index in [0.717, 1.165) is 0 Å². The Kier molecular flexibility index (Phi) is 7.99. The van der Waals surface area contributed by atoms with Gasteiger partial charge in [0.2, 0.25) is 0 Å². The van der Waals surface area contributed by atoms with Gasteiger partial charge < -0.3 is 5.32 Å². The molecule has 2 N–H and O–H groups in total. The summed E-state index contributed by atoms with van der Waals surface area (Å²) in [6, 6.07) is 0. The molecule has 0 aromatic rings. The summed E-state index contributed by atoms with van der Waals surface area (Å²) in [5.41, 5.74) is -0.000776. The van der Waals surface area contributed by atoms with Gasteiger partial charge in [-0.05, 0) is 33.7 Å². The summed E-state index contributed by atoms with van der Waals surface area (Å²) in [4.78, 5) is 0. The molecule has 0 spiro atoms. The van der Waals surface area contributed by atoms with E-state index in [4.69, 9.17) is 4.55 Å². The summed E-state index contributed by atoms with van der Waals surface area (Å²) < 4.78 is 29.0. The molecule has 0 amide bonds.